The predicted octanol–water partition coefficient (Wildman–Crippen LogP) is 3.99. The number of hydrogen-bond donors (Lipinski definition) is 1. The Kier molecular flexibility index (Phi) is 5.56. The Morgan fingerprint density at radius 1 is 1.07 bits per heavy atom. The van der Waals surface area contributed by atoms with Gasteiger partial charge in [-0.3, -0.25) is 9.52 Å². The monoisotopic (exact) mass is 386 g/mol. The number of carbonyl (C=O) groups excluding carboxylic acids is 1. The van der Waals surface area contributed by atoms with Crippen LogP contribution in [-0.4, -0.2) is 20.9 Å². The van der Waals surface area contributed by atoms with Gasteiger partial charge in [0.2, 0.25) is 5.91 Å². The minimum absolute atomic E-state index is 0.126. The molecule has 1 aliphatic heterocycles. The lowest BCUT2D eigenvalue weighted by molar-refractivity contribution is -0.119. The summed E-state index contributed by atoms with van der Waals surface area (Å²) in [7, 11) is -3.64. The van der Waals surface area contributed by atoms with Gasteiger partial charge in [-0.05, 0) is 60.2 Å². The molecule has 3 rings (SSSR count). The highest BCUT2D eigenvalue weighted by molar-refractivity contribution is 7.92. The van der Waals surface area contributed by atoms with Crippen LogP contribution in [0.2, 0.25) is 0 Å². The van der Waals surface area contributed by atoms with Crippen molar-refractivity contribution in [1.29, 1.82) is 0 Å². The molecule has 0 spiro atoms. The van der Waals surface area contributed by atoms with E-state index < -0.39 is 10.0 Å². The van der Waals surface area contributed by atoms with E-state index in [0.717, 1.165) is 23.2 Å². The third-order valence-corrected chi connectivity index (χ3v) is 6.12. The zero-order valence-electron chi connectivity index (χ0n) is 16.0. The molecule has 0 atom stereocenters. The molecule has 2 aromatic carbocycles. The standard InChI is InChI=1S/C21H26N2O3S/c1-4-16-5-9-19(10-6-16)27(25,26)22-18-8-11-20-17(13-18)7-12-21(24)23(20)14-15(2)3/h5-6,8-11,13,15,22H,4,7,12,14H2,1-3H3. The van der Waals surface area contributed by atoms with E-state index >= 15 is 0 Å². The molecule has 0 aromatic heterocycles. The Balaban J connectivity index is 1.85. The molecule has 0 radical (unpaired) electrons. The number of fused-ring (bicyclic) bond motifs is 1. The van der Waals surface area contributed by atoms with Crippen LogP contribution in [0.25, 0.3) is 0 Å². The van der Waals surface area contributed by atoms with E-state index in [4.69, 9.17) is 0 Å². The van der Waals surface area contributed by atoms with Crippen molar-refractivity contribution < 1.29 is 13.2 Å². The maximum Gasteiger partial charge on any atom is 0.261 e. The number of sulfonamides is 1. The maximum atomic E-state index is 12.7. The first-order valence-electron chi connectivity index (χ1n) is 9.35. The summed E-state index contributed by atoms with van der Waals surface area (Å²) >= 11 is 0. The first-order valence-corrected chi connectivity index (χ1v) is 10.8. The van der Waals surface area contributed by atoms with Crippen LogP contribution in [0.1, 0.15) is 38.3 Å². The Morgan fingerprint density at radius 3 is 2.41 bits per heavy atom. The van der Waals surface area contributed by atoms with Crippen LogP contribution in [0, 0.1) is 5.92 Å². The Labute approximate surface area is 161 Å². The number of hydrogen-bond acceptors (Lipinski definition) is 3. The molecule has 0 unspecified atom stereocenters. The highest BCUT2D eigenvalue weighted by atomic mass is 32.2. The van der Waals surface area contributed by atoms with E-state index in [9.17, 15) is 13.2 Å². The molecule has 0 bridgehead atoms. The molecule has 0 aliphatic carbocycles. The van der Waals surface area contributed by atoms with Gasteiger partial charge in [-0.1, -0.05) is 32.9 Å². The second kappa shape index (κ2) is 7.72. The van der Waals surface area contributed by atoms with E-state index in [1.165, 1.54) is 0 Å². The lowest BCUT2D eigenvalue weighted by atomic mass is 9.99. The van der Waals surface area contributed by atoms with Gasteiger partial charge in [0.15, 0.2) is 0 Å². The number of nitrogens with one attached hydrogen (secondary N) is 1. The van der Waals surface area contributed by atoms with Gasteiger partial charge < -0.3 is 4.90 Å². The van der Waals surface area contributed by atoms with Crippen LogP contribution >= 0.6 is 0 Å². The number of benzene rings is 2. The van der Waals surface area contributed by atoms with Crippen LogP contribution in [0.15, 0.2) is 47.4 Å². The van der Waals surface area contributed by atoms with Crippen molar-refractivity contribution >= 4 is 27.3 Å². The molecule has 5 nitrogen and oxygen atoms in total. The van der Waals surface area contributed by atoms with Gasteiger partial charge in [-0.25, -0.2) is 8.42 Å². The van der Waals surface area contributed by atoms with Crippen molar-refractivity contribution in [3.8, 4) is 0 Å². The lowest BCUT2D eigenvalue weighted by Crippen LogP contribution is -2.37. The smallest absolute Gasteiger partial charge is 0.261 e. The van der Waals surface area contributed by atoms with E-state index in [0.29, 0.717) is 31.0 Å². The highest BCUT2D eigenvalue weighted by Crippen LogP contribution is 2.31. The lowest BCUT2D eigenvalue weighted by Gasteiger charge is -2.31. The zero-order valence-corrected chi connectivity index (χ0v) is 16.8. The molecular formula is C21H26N2O3S. The number of aryl methyl sites for hydroxylation is 2. The number of anilines is 2. The van der Waals surface area contributed by atoms with Gasteiger partial charge in [-0.2, -0.15) is 0 Å². The van der Waals surface area contributed by atoms with Crippen molar-refractivity contribution in [3.05, 3.63) is 53.6 Å². The molecule has 1 amide bonds. The van der Waals surface area contributed by atoms with Gasteiger partial charge in [0, 0.05) is 24.3 Å². The van der Waals surface area contributed by atoms with Crippen molar-refractivity contribution in [2.45, 2.75) is 44.9 Å². The summed E-state index contributed by atoms with van der Waals surface area (Å²) in [5.74, 6) is 0.490. The van der Waals surface area contributed by atoms with Crippen LogP contribution in [0.3, 0.4) is 0 Å². The summed E-state index contributed by atoms with van der Waals surface area (Å²) < 4.78 is 28.0. The largest absolute Gasteiger partial charge is 0.312 e. The Morgan fingerprint density at radius 2 is 1.78 bits per heavy atom. The fourth-order valence-corrected chi connectivity index (χ4v) is 4.36. The summed E-state index contributed by atoms with van der Waals surface area (Å²) in [4.78, 5) is 14.3. The second-order valence-corrected chi connectivity index (χ2v) is 9.03. The fourth-order valence-electron chi connectivity index (χ4n) is 3.31. The van der Waals surface area contributed by atoms with Crippen molar-refractivity contribution in [3.63, 3.8) is 0 Å². The van der Waals surface area contributed by atoms with Crippen molar-refractivity contribution in [2.24, 2.45) is 5.92 Å². The summed E-state index contributed by atoms with van der Waals surface area (Å²) in [6, 6.07) is 12.3. The Hall–Kier alpha value is -2.34. The SMILES string of the molecule is CCc1ccc(S(=O)(=O)Nc2ccc3c(c2)CCC(=O)N3CC(C)C)cc1. The molecule has 6 heteroatoms. The van der Waals surface area contributed by atoms with Crippen molar-refractivity contribution in [1.82, 2.24) is 0 Å². The molecule has 1 heterocycles. The van der Waals surface area contributed by atoms with Gasteiger partial charge in [0.25, 0.3) is 10.0 Å². The number of carbonyl (C=O) groups is 1. The second-order valence-electron chi connectivity index (χ2n) is 7.34. The Bertz CT molecular complexity index is 934. The summed E-state index contributed by atoms with van der Waals surface area (Å²) in [6.45, 7) is 6.85. The summed E-state index contributed by atoms with van der Waals surface area (Å²) in [6.07, 6.45) is 1.95. The average Bonchev–Trinajstić information content (AvgIpc) is 2.63. The highest BCUT2D eigenvalue weighted by Gasteiger charge is 2.25. The topological polar surface area (TPSA) is 66.5 Å². The van der Waals surface area contributed by atoms with Crippen LogP contribution in [0.4, 0.5) is 11.4 Å². The van der Waals surface area contributed by atoms with E-state index in [2.05, 4.69) is 18.6 Å². The van der Waals surface area contributed by atoms with E-state index in [-0.39, 0.29) is 10.8 Å². The van der Waals surface area contributed by atoms with Gasteiger partial charge in [0.1, 0.15) is 0 Å². The molecule has 1 aliphatic rings. The third-order valence-electron chi connectivity index (χ3n) is 4.72. The fraction of sp³-hybridized carbons (Fsp3) is 0.381. The third kappa shape index (κ3) is 4.33. The predicted molar refractivity (Wildman–Crippen MR) is 109 cm³/mol. The molecule has 2 aromatic rings. The number of amides is 1. The molecule has 27 heavy (non-hydrogen) atoms. The number of nitrogens with zero attached hydrogens (tertiary/aromatic N) is 1. The van der Waals surface area contributed by atoms with Crippen molar-refractivity contribution in [2.75, 3.05) is 16.2 Å². The first kappa shape index (κ1) is 19.4. The molecule has 144 valence electrons. The van der Waals surface area contributed by atoms with Crippen LogP contribution < -0.4 is 9.62 Å². The molecule has 0 fully saturated rings. The zero-order chi connectivity index (χ0) is 19.6. The van der Waals surface area contributed by atoms with Gasteiger partial charge in [0.05, 0.1) is 4.90 Å². The first-order chi connectivity index (χ1) is 12.8. The van der Waals surface area contributed by atoms with Gasteiger partial charge >= 0.3 is 0 Å². The summed E-state index contributed by atoms with van der Waals surface area (Å²) in [5, 5.41) is 0. The molecule has 1 N–H and O–H groups in total. The molecule has 0 saturated heterocycles. The minimum Gasteiger partial charge on any atom is -0.312 e. The van der Waals surface area contributed by atoms with Gasteiger partial charge in [-0.15, -0.1) is 0 Å². The molecule has 0 saturated carbocycles. The normalized spacial score (nSPS) is 14.4. The van der Waals surface area contributed by atoms with E-state index in [1.807, 2.05) is 36.1 Å². The summed E-state index contributed by atoms with van der Waals surface area (Å²) in [5.41, 5.74) is 3.50. The minimum atomic E-state index is -3.64. The average molecular weight is 387 g/mol. The molecular weight excluding hydrogens is 360 g/mol. The van der Waals surface area contributed by atoms with E-state index in [1.54, 1.807) is 18.2 Å². The maximum absolute atomic E-state index is 12.7. The van der Waals surface area contributed by atoms with Crippen LogP contribution in [0.5, 0.6) is 0 Å². The number of rotatable bonds is 6. The quantitative estimate of drug-likeness (QED) is 0.816. The van der Waals surface area contributed by atoms with Crippen LogP contribution in [-0.2, 0) is 27.7 Å².